The van der Waals surface area contributed by atoms with E-state index in [4.69, 9.17) is 9.47 Å². The molecule has 190 valence electrons. The number of hydrogen-bond donors (Lipinski definition) is 1. The summed E-state index contributed by atoms with van der Waals surface area (Å²) in [6, 6.07) is 23.2. The Morgan fingerprint density at radius 2 is 1.68 bits per heavy atom. The number of aryl methyl sites for hydroxylation is 1. The quantitative estimate of drug-likeness (QED) is 0.370. The summed E-state index contributed by atoms with van der Waals surface area (Å²) in [6.45, 7) is 3.04. The van der Waals surface area contributed by atoms with E-state index in [1.165, 1.54) is 0 Å². The van der Waals surface area contributed by atoms with E-state index in [1.54, 1.807) is 12.0 Å². The van der Waals surface area contributed by atoms with Gasteiger partial charge in [-0.1, -0.05) is 42.5 Å². The number of benzene rings is 3. The van der Waals surface area contributed by atoms with Crippen LogP contribution in [0.25, 0.3) is 10.9 Å². The monoisotopic (exact) mass is 497 g/mol. The molecular formula is C30H31N3O4. The Kier molecular flexibility index (Phi) is 6.86. The summed E-state index contributed by atoms with van der Waals surface area (Å²) in [5.74, 6) is 1.25. The van der Waals surface area contributed by atoms with Crippen LogP contribution in [0.15, 0.2) is 72.8 Å². The van der Waals surface area contributed by atoms with Crippen molar-refractivity contribution in [1.29, 1.82) is 0 Å². The van der Waals surface area contributed by atoms with Gasteiger partial charge in [-0.25, -0.2) is 0 Å². The van der Waals surface area contributed by atoms with E-state index in [9.17, 15) is 9.59 Å². The van der Waals surface area contributed by atoms with Crippen LogP contribution in [-0.2, 0) is 18.3 Å². The molecule has 1 unspecified atom stereocenters. The van der Waals surface area contributed by atoms with Crippen molar-refractivity contribution in [3.63, 3.8) is 0 Å². The Hall–Kier alpha value is -4.26. The average molecular weight is 498 g/mol. The average Bonchev–Trinajstić information content (AvgIpc) is 3.37. The van der Waals surface area contributed by atoms with Crippen molar-refractivity contribution in [1.82, 2.24) is 14.8 Å². The molecule has 0 radical (unpaired) electrons. The van der Waals surface area contributed by atoms with Crippen LogP contribution in [-0.4, -0.2) is 48.1 Å². The van der Waals surface area contributed by atoms with Crippen LogP contribution in [0.2, 0.25) is 0 Å². The van der Waals surface area contributed by atoms with Crippen molar-refractivity contribution in [2.45, 2.75) is 19.4 Å². The van der Waals surface area contributed by atoms with Gasteiger partial charge in [0.25, 0.3) is 5.91 Å². The van der Waals surface area contributed by atoms with E-state index < -0.39 is 0 Å². The lowest BCUT2D eigenvalue weighted by atomic mass is 9.98. The highest BCUT2D eigenvalue weighted by Gasteiger charge is 2.42. The molecule has 0 saturated heterocycles. The highest BCUT2D eigenvalue weighted by Crippen LogP contribution is 2.43. The van der Waals surface area contributed by atoms with Gasteiger partial charge in [-0.05, 0) is 54.8 Å². The van der Waals surface area contributed by atoms with Gasteiger partial charge in [0.1, 0.15) is 23.7 Å². The summed E-state index contributed by atoms with van der Waals surface area (Å²) in [6.07, 6.45) is 0.693. The molecular weight excluding hydrogens is 466 g/mol. The number of hydrogen-bond acceptors (Lipinski definition) is 4. The molecule has 1 aliphatic heterocycles. The van der Waals surface area contributed by atoms with Crippen molar-refractivity contribution in [3.8, 4) is 11.5 Å². The predicted molar refractivity (Wildman–Crippen MR) is 143 cm³/mol. The molecule has 1 aromatic heterocycles. The number of para-hydroxylation sites is 1. The van der Waals surface area contributed by atoms with Crippen molar-refractivity contribution in [3.05, 3.63) is 95.2 Å². The van der Waals surface area contributed by atoms with Crippen molar-refractivity contribution in [2.75, 3.05) is 26.8 Å². The lowest BCUT2D eigenvalue weighted by Gasteiger charge is -2.26. The van der Waals surface area contributed by atoms with Crippen molar-refractivity contribution >= 4 is 22.7 Å². The van der Waals surface area contributed by atoms with Gasteiger partial charge in [-0.15, -0.1) is 0 Å². The molecule has 0 fully saturated rings. The standard InChI is InChI=1S/C30H31N3O4/c1-4-37-23-13-9-20(10-14-23)17-18-31-26(34)19-33-28(21-11-15-22(36-3)16-12-21)27-24-7-5-6-8-25(24)32(2)29(27)30(33)35/h5-16,28H,4,17-19H2,1-3H3,(H,31,34). The van der Waals surface area contributed by atoms with Gasteiger partial charge in [0.2, 0.25) is 5.91 Å². The molecule has 5 rings (SSSR count). The summed E-state index contributed by atoms with van der Waals surface area (Å²) in [7, 11) is 3.53. The predicted octanol–water partition coefficient (Wildman–Crippen LogP) is 4.49. The Bertz CT molecular complexity index is 1420. The highest BCUT2D eigenvalue weighted by atomic mass is 16.5. The summed E-state index contributed by atoms with van der Waals surface area (Å²) in [4.78, 5) is 28.4. The SMILES string of the molecule is CCOc1ccc(CCNC(=O)CN2C(=O)c3c(c4ccccc4n3C)C2c2ccc(OC)cc2)cc1. The number of methoxy groups -OCH3 is 1. The number of ether oxygens (including phenoxy) is 2. The summed E-state index contributed by atoms with van der Waals surface area (Å²) < 4.78 is 12.8. The van der Waals surface area contributed by atoms with Gasteiger partial charge < -0.3 is 24.3 Å². The van der Waals surface area contributed by atoms with Gasteiger partial charge in [0, 0.05) is 30.1 Å². The number of amides is 2. The molecule has 37 heavy (non-hydrogen) atoms. The zero-order chi connectivity index (χ0) is 25.9. The molecule has 7 heteroatoms. The van der Waals surface area contributed by atoms with Crippen LogP contribution >= 0.6 is 0 Å². The fourth-order valence-electron chi connectivity index (χ4n) is 5.14. The van der Waals surface area contributed by atoms with Gasteiger partial charge in [-0.3, -0.25) is 9.59 Å². The third-order valence-electron chi connectivity index (χ3n) is 6.91. The maximum atomic E-state index is 13.7. The van der Waals surface area contributed by atoms with Crippen molar-refractivity contribution in [2.24, 2.45) is 7.05 Å². The van der Waals surface area contributed by atoms with Crippen LogP contribution < -0.4 is 14.8 Å². The zero-order valence-electron chi connectivity index (χ0n) is 21.4. The van der Waals surface area contributed by atoms with E-state index in [1.807, 2.05) is 91.3 Å². The minimum atomic E-state index is -0.364. The highest BCUT2D eigenvalue weighted by molar-refractivity contribution is 6.07. The molecule has 3 aromatic carbocycles. The Labute approximate surface area is 216 Å². The smallest absolute Gasteiger partial charge is 0.272 e. The van der Waals surface area contributed by atoms with Gasteiger partial charge >= 0.3 is 0 Å². The van der Waals surface area contributed by atoms with E-state index in [0.717, 1.165) is 39.1 Å². The molecule has 4 aromatic rings. The third-order valence-corrected chi connectivity index (χ3v) is 6.91. The molecule has 7 nitrogen and oxygen atoms in total. The molecule has 0 saturated carbocycles. The Morgan fingerprint density at radius 1 is 0.973 bits per heavy atom. The number of carbonyl (C=O) groups excluding carboxylic acids is 2. The molecule has 1 atom stereocenters. The largest absolute Gasteiger partial charge is 0.497 e. The molecule has 2 amide bonds. The second-order valence-corrected chi connectivity index (χ2v) is 9.12. The fourth-order valence-corrected chi connectivity index (χ4v) is 5.14. The topological polar surface area (TPSA) is 72.8 Å². The van der Waals surface area contributed by atoms with E-state index >= 15 is 0 Å². The number of carbonyl (C=O) groups is 2. The summed E-state index contributed by atoms with van der Waals surface area (Å²) in [5, 5.41) is 4.01. The normalized spacial score (nSPS) is 14.6. The van der Waals surface area contributed by atoms with Crippen molar-refractivity contribution < 1.29 is 19.1 Å². The Balaban J connectivity index is 1.36. The first kappa shape index (κ1) is 24.4. The van der Waals surface area contributed by atoms with Crippen LogP contribution in [0, 0.1) is 0 Å². The molecule has 0 bridgehead atoms. The zero-order valence-corrected chi connectivity index (χ0v) is 21.4. The summed E-state index contributed by atoms with van der Waals surface area (Å²) >= 11 is 0. The van der Waals surface area contributed by atoms with Crippen LogP contribution in [0.3, 0.4) is 0 Å². The third kappa shape index (κ3) is 4.65. The lowest BCUT2D eigenvalue weighted by Crippen LogP contribution is -2.40. The maximum absolute atomic E-state index is 13.7. The van der Waals surface area contributed by atoms with Gasteiger partial charge in [0.15, 0.2) is 0 Å². The second kappa shape index (κ2) is 10.4. The number of aromatic nitrogens is 1. The maximum Gasteiger partial charge on any atom is 0.272 e. The minimum absolute atomic E-state index is 0.0260. The second-order valence-electron chi connectivity index (χ2n) is 9.12. The number of rotatable bonds is 9. The molecule has 0 spiro atoms. The first-order valence-electron chi connectivity index (χ1n) is 12.5. The van der Waals surface area contributed by atoms with E-state index in [-0.39, 0.29) is 24.4 Å². The van der Waals surface area contributed by atoms with Crippen LogP contribution in [0.1, 0.15) is 40.1 Å². The molecule has 1 N–H and O–H groups in total. The van der Waals surface area contributed by atoms with E-state index in [2.05, 4.69) is 5.32 Å². The molecule has 1 aliphatic rings. The Morgan fingerprint density at radius 3 is 2.38 bits per heavy atom. The van der Waals surface area contributed by atoms with Crippen LogP contribution in [0.5, 0.6) is 11.5 Å². The molecule has 0 aliphatic carbocycles. The fraction of sp³-hybridized carbons (Fsp3) is 0.267. The van der Waals surface area contributed by atoms with E-state index in [0.29, 0.717) is 25.3 Å². The lowest BCUT2D eigenvalue weighted by molar-refractivity contribution is -0.122. The number of nitrogens with one attached hydrogen (secondary N) is 1. The first-order valence-corrected chi connectivity index (χ1v) is 12.5. The number of nitrogens with zero attached hydrogens (tertiary/aromatic N) is 2. The van der Waals surface area contributed by atoms with Crippen LogP contribution in [0.4, 0.5) is 0 Å². The molecule has 2 heterocycles. The number of fused-ring (bicyclic) bond motifs is 3. The van der Waals surface area contributed by atoms with Gasteiger partial charge in [0.05, 0.1) is 19.8 Å². The minimum Gasteiger partial charge on any atom is -0.497 e. The first-order chi connectivity index (χ1) is 18.0. The van der Waals surface area contributed by atoms with Gasteiger partial charge in [-0.2, -0.15) is 0 Å². The summed E-state index contributed by atoms with van der Waals surface area (Å²) in [5.41, 5.74) is 4.61.